The van der Waals surface area contributed by atoms with Crippen LogP contribution in [0.15, 0.2) is 22.7 Å². The molecule has 0 aliphatic rings. The predicted molar refractivity (Wildman–Crippen MR) is 59.7 cm³/mol. The van der Waals surface area contributed by atoms with Gasteiger partial charge in [-0.15, -0.1) is 0 Å². The maximum Gasteiger partial charge on any atom is 0.169 e. The summed E-state index contributed by atoms with van der Waals surface area (Å²) in [6.45, 7) is 5.27. The molecule has 0 heterocycles. The summed E-state index contributed by atoms with van der Waals surface area (Å²) >= 11 is 3.39. The fraction of sp³-hybridized carbons (Fsp3) is 0.364. The number of aryl methyl sites for hydroxylation is 1. The Balaban J connectivity index is 2.82. The number of benzene rings is 1. The van der Waals surface area contributed by atoms with E-state index in [9.17, 15) is 4.79 Å². The van der Waals surface area contributed by atoms with Crippen LogP contribution in [0.5, 0.6) is 5.75 Å². The standard InChI is InChI=1S/C11H13BrO2/c1-7-4-5-11(10(12)6-7)14-9(3)8(2)13/h4-6,9H,1-3H3. The van der Waals surface area contributed by atoms with Crippen molar-refractivity contribution in [3.05, 3.63) is 28.2 Å². The summed E-state index contributed by atoms with van der Waals surface area (Å²) in [5, 5.41) is 0. The van der Waals surface area contributed by atoms with E-state index in [1.165, 1.54) is 6.92 Å². The monoisotopic (exact) mass is 256 g/mol. The normalized spacial score (nSPS) is 12.3. The Morgan fingerprint density at radius 3 is 2.64 bits per heavy atom. The smallest absolute Gasteiger partial charge is 0.169 e. The molecule has 0 spiro atoms. The molecule has 76 valence electrons. The highest BCUT2D eigenvalue weighted by Gasteiger charge is 2.10. The summed E-state index contributed by atoms with van der Waals surface area (Å²) in [6, 6.07) is 5.77. The van der Waals surface area contributed by atoms with Crippen LogP contribution in [0.2, 0.25) is 0 Å². The average Bonchev–Trinajstić information content (AvgIpc) is 2.09. The highest BCUT2D eigenvalue weighted by molar-refractivity contribution is 9.10. The highest BCUT2D eigenvalue weighted by atomic mass is 79.9. The minimum atomic E-state index is -0.394. The third-order valence-electron chi connectivity index (χ3n) is 1.96. The molecule has 2 nitrogen and oxygen atoms in total. The minimum absolute atomic E-state index is 0.0254. The van der Waals surface area contributed by atoms with Gasteiger partial charge in [-0.05, 0) is 54.4 Å². The molecule has 1 aromatic rings. The zero-order chi connectivity index (χ0) is 10.7. The summed E-state index contributed by atoms with van der Waals surface area (Å²) in [7, 11) is 0. The molecule has 14 heavy (non-hydrogen) atoms. The van der Waals surface area contributed by atoms with Crippen molar-refractivity contribution in [1.82, 2.24) is 0 Å². The van der Waals surface area contributed by atoms with Crippen molar-refractivity contribution in [2.24, 2.45) is 0 Å². The molecule has 0 aromatic heterocycles. The lowest BCUT2D eigenvalue weighted by atomic mass is 10.2. The quantitative estimate of drug-likeness (QED) is 0.831. The Kier molecular flexibility index (Phi) is 3.69. The third-order valence-corrected chi connectivity index (χ3v) is 2.58. The second kappa shape index (κ2) is 4.60. The second-order valence-corrected chi connectivity index (χ2v) is 4.16. The van der Waals surface area contributed by atoms with Crippen LogP contribution >= 0.6 is 15.9 Å². The van der Waals surface area contributed by atoms with Crippen molar-refractivity contribution in [3.8, 4) is 5.75 Å². The molecule has 1 unspecified atom stereocenters. The van der Waals surface area contributed by atoms with Crippen LogP contribution in [0, 0.1) is 6.92 Å². The molecular formula is C11H13BrO2. The van der Waals surface area contributed by atoms with Crippen molar-refractivity contribution in [3.63, 3.8) is 0 Å². The largest absolute Gasteiger partial charge is 0.482 e. The zero-order valence-corrected chi connectivity index (χ0v) is 10.1. The van der Waals surface area contributed by atoms with E-state index in [0.29, 0.717) is 5.75 Å². The topological polar surface area (TPSA) is 26.3 Å². The highest BCUT2D eigenvalue weighted by Crippen LogP contribution is 2.26. The van der Waals surface area contributed by atoms with Crippen LogP contribution in [-0.2, 0) is 4.79 Å². The molecule has 1 rings (SSSR count). The van der Waals surface area contributed by atoms with Gasteiger partial charge in [0.15, 0.2) is 11.9 Å². The van der Waals surface area contributed by atoms with Crippen molar-refractivity contribution >= 4 is 21.7 Å². The lowest BCUT2D eigenvalue weighted by Crippen LogP contribution is -2.20. The average molecular weight is 257 g/mol. The fourth-order valence-corrected chi connectivity index (χ4v) is 1.56. The van der Waals surface area contributed by atoms with Crippen LogP contribution in [-0.4, -0.2) is 11.9 Å². The molecule has 0 saturated carbocycles. The van der Waals surface area contributed by atoms with Gasteiger partial charge in [0.25, 0.3) is 0 Å². The van der Waals surface area contributed by atoms with E-state index in [1.54, 1.807) is 6.92 Å². The summed E-state index contributed by atoms with van der Waals surface area (Å²) in [5.74, 6) is 0.732. The van der Waals surface area contributed by atoms with Gasteiger partial charge in [-0.2, -0.15) is 0 Å². The van der Waals surface area contributed by atoms with E-state index in [1.807, 2.05) is 25.1 Å². The van der Waals surface area contributed by atoms with E-state index >= 15 is 0 Å². The molecule has 0 bridgehead atoms. The fourth-order valence-electron chi connectivity index (χ4n) is 0.975. The van der Waals surface area contributed by atoms with Crippen molar-refractivity contribution in [2.75, 3.05) is 0 Å². The van der Waals surface area contributed by atoms with Crippen molar-refractivity contribution in [1.29, 1.82) is 0 Å². The van der Waals surface area contributed by atoms with E-state index in [0.717, 1.165) is 10.0 Å². The van der Waals surface area contributed by atoms with Gasteiger partial charge in [0.05, 0.1) is 4.47 Å². The Morgan fingerprint density at radius 1 is 1.50 bits per heavy atom. The number of Topliss-reactive ketones (excluding diaryl/α,β-unsaturated/α-hetero) is 1. The van der Waals surface area contributed by atoms with Crippen LogP contribution in [0.4, 0.5) is 0 Å². The van der Waals surface area contributed by atoms with E-state index < -0.39 is 6.10 Å². The number of hydrogen-bond acceptors (Lipinski definition) is 2. The first-order valence-corrected chi connectivity index (χ1v) is 5.23. The molecule has 0 saturated heterocycles. The molecule has 1 aromatic carbocycles. The first-order chi connectivity index (χ1) is 6.50. The zero-order valence-electron chi connectivity index (χ0n) is 8.50. The first kappa shape index (κ1) is 11.2. The number of rotatable bonds is 3. The Hall–Kier alpha value is -0.830. The SMILES string of the molecule is CC(=O)C(C)Oc1ccc(C)cc1Br. The summed E-state index contributed by atoms with van der Waals surface area (Å²) in [4.78, 5) is 11.0. The minimum Gasteiger partial charge on any atom is -0.482 e. The number of halogens is 1. The summed E-state index contributed by atoms with van der Waals surface area (Å²) in [6.07, 6.45) is -0.394. The van der Waals surface area contributed by atoms with Crippen LogP contribution in [0.3, 0.4) is 0 Å². The van der Waals surface area contributed by atoms with E-state index in [4.69, 9.17) is 4.74 Å². The van der Waals surface area contributed by atoms with Gasteiger partial charge in [-0.25, -0.2) is 0 Å². The maximum absolute atomic E-state index is 11.0. The molecule has 1 atom stereocenters. The van der Waals surface area contributed by atoms with Gasteiger partial charge >= 0.3 is 0 Å². The van der Waals surface area contributed by atoms with Gasteiger partial charge in [0.1, 0.15) is 5.75 Å². The first-order valence-electron chi connectivity index (χ1n) is 4.44. The number of ether oxygens (including phenoxy) is 1. The molecule has 0 N–H and O–H groups in total. The number of hydrogen-bond donors (Lipinski definition) is 0. The van der Waals surface area contributed by atoms with Crippen molar-refractivity contribution < 1.29 is 9.53 Å². The maximum atomic E-state index is 11.0. The van der Waals surface area contributed by atoms with Crippen LogP contribution in [0.1, 0.15) is 19.4 Å². The predicted octanol–water partition coefficient (Wildman–Crippen LogP) is 3.11. The van der Waals surface area contributed by atoms with Crippen LogP contribution in [0.25, 0.3) is 0 Å². The molecule has 3 heteroatoms. The molecule has 0 aliphatic heterocycles. The van der Waals surface area contributed by atoms with E-state index in [-0.39, 0.29) is 5.78 Å². The summed E-state index contributed by atoms with van der Waals surface area (Å²) < 4.78 is 6.35. The third kappa shape index (κ3) is 2.84. The van der Waals surface area contributed by atoms with Gasteiger partial charge in [-0.3, -0.25) is 4.79 Å². The van der Waals surface area contributed by atoms with Gasteiger partial charge in [0.2, 0.25) is 0 Å². The molecule has 0 amide bonds. The van der Waals surface area contributed by atoms with Gasteiger partial charge < -0.3 is 4.74 Å². The molecule has 0 fully saturated rings. The van der Waals surface area contributed by atoms with E-state index in [2.05, 4.69) is 15.9 Å². The van der Waals surface area contributed by atoms with Crippen LogP contribution < -0.4 is 4.74 Å². The number of carbonyl (C=O) groups is 1. The van der Waals surface area contributed by atoms with Gasteiger partial charge in [-0.1, -0.05) is 6.07 Å². The lowest BCUT2D eigenvalue weighted by molar-refractivity contribution is -0.122. The Labute approximate surface area is 92.4 Å². The number of ketones is 1. The Bertz CT molecular complexity index is 347. The Morgan fingerprint density at radius 2 is 2.14 bits per heavy atom. The molecule has 0 radical (unpaired) electrons. The number of carbonyl (C=O) groups excluding carboxylic acids is 1. The summed E-state index contributed by atoms with van der Waals surface area (Å²) in [5.41, 5.74) is 1.15. The molecule has 0 aliphatic carbocycles. The lowest BCUT2D eigenvalue weighted by Gasteiger charge is -2.13. The van der Waals surface area contributed by atoms with Gasteiger partial charge in [0, 0.05) is 0 Å². The van der Waals surface area contributed by atoms with Crippen molar-refractivity contribution in [2.45, 2.75) is 26.9 Å². The second-order valence-electron chi connectivity index (χ2n) is 3.30. The molecular weight excluding hydrogens is 244 g/mol.